The van der Waals surface area contributed by atoms with E-state index < -0.39 is 18.0 Å². The van der Waals surface area contributed by atoms with E-state index in [0.717, 1.165) is 4.47 Å². The second-order valence-corrected chi connectivity index (χ2v) is 5.66. The Kier molecular flexibility index (Phi) is 5.76. The Labute approximate surface area is 142 Å². The summed E-state index contributed by atoms with van der Waals surface area (Å²) in [7, 11) is 1.52. The number of nitrogens with one attached hydrogen (secondary N) is 1. The number of halogens is 1. The summed E-state index contributed by atoms with van der Waals surface area (Å²) in [6.07, 6.45) is -0.934. The van der Waals surface area contributed by atoms with Crippen LogP contribution in [0.3, 0.4) is 0 Å². The largest absolute Gasteiger partial charge is 0.495 e. The standard InChI is InChI=1S/C17H16BrNO4/c1-11(23-17(21)12-7-9-13(18)10-8-12)16(20)19-14-5-3-4-6-15(14)22-2/h3-11H,1-2H3,(H,19,20)/t11-/m1/s1. The van der Waals surface area contributed by atoms with E-state index in [4.69, 9.17) is 9.47 Å². The molecular weight excluding hydrogens is 362 g/mol. The van der Waals surface area contributed by atoms with Gasteiger partial charge in [-0.25, -0.2) is 4.79 Å². The van der Waals surface area contributed by atoms with E-state index in [9.17, 15) is 9.59 Å². The predicted octanol–water partition coefficient (Wildman–Crippen LogP) is 3.64. The molecule has 0 bridgehead atoms. The molecule has 0 aliphatic heterocycles. The molecule has 0 aliphatic carbocycles. The summed E-state index contributed by atoms with van der Waals surface area (Å²) in [5.41, 5.74) is 0.900. The maximum Gasteiger partial charge on any atom is 0.338 e. The van der Waals surface area contributed by atoms with Crippen LogP contribution in [0.5, 0.6) is 5.75 Å². The van der Waals surface area contributed by atoms with Crippen molar-refractivity contribution in [3.05, 3.63) is 58.6 Å². The van der Waals surface area contributed by atoms with Crippen molar-refractivity contribution in [1.82, 2.24) is 0 Å². The molecule has 0 saturated heterocycles. The van der Waals surface area contributed by atoms with Crippen molar-refractivity contribution in [3.8, 4) is 5.75 Å². The molecule has 2 aromatic rings. The Morgan fingerprint density at radius 2 is 1.74 bits per heavy atom. The van der Waals surface area contributed by atoms with Crippen molar-refractivity contribution in [2.45, 2.75) is 13.0 Å². The Bertz CT molecular complexity index is 700. The molecule has 0 aliphatic rings. The van der Waals surface area contributed by atoms with E-state index in [-0.39, 0.29) is 0 Å². The topological polar surface area (TPSA) is 64.6 Å². The first kappa shape index (κ1) is 17.0. The highest BCUT2D eigenvalue weighted by atomic mass is 79.9. The molecule has 23 heavy (non-hydrogen) atoms. The van der Waals surface area contributed by atoms with Gasteiger partial charge in [0.1, 0.15) is 5.75 Å². The van der Waals surface area contributed by atoms with E-state index in [1.807, 2.05) is 0 Å². The van der Waals surface area contributed by atoms with Crippen LogP contribution < -0.4 is 10.1 Å². The zero-order valence-corrected chi connectivity index (χ0v) is 14.3. The van der Waals surface area contributed by atoms with Crippen LogP contribution in [0.4, 0.5) is 5.69 Å². The summed E-state index contributed by atoms with van der Waals surface area (Å²) in [4.78, 5) is 24.2. The molecule has 0 heterocycles. The predicted molar refractivity (Wildman–Crippen MR) is 90.6 cm³/mol. The van der Waals surface area contributed by atoms with Gasteiger partial charge >= 0.3 is 5.97 Å². The fourth-order valence-electron chi connectivity index (χ4n) is 1.85. The summed E-state index contributed by atoms with van der Waals surface area (Å²) < 4.78 is 11.2. The summed E-state index contributed by atoms with van der Waals surface area (Å²) in [6, 6.07) is 13.7. The summed E-state index contributed by atoms with van der Waals surface area (Å²) in [6.45, 7) is 1.52. The molecular formula is C17H16BrNO4. The van der Waals surface area contributed by atoms with Crippen molar-refractivity contribution >= 4 is 33.5 Å². The molecule has 6 heteroatoms. The maximum absolute atomic E-state index is 12.2. The number of methoxy groups -OCH3 is 1. The van der Waals surface area contributed by atoms with E-state index >= 15 is 0 Å². The highest BCUT2D eigenvalue weighted by Gasteiger charge is 2.20. The number of amides is 1. The smallest absolute Gasteiger partial charge is 0.338 e. The quantitative estimate of drug-likeness (QED) is 0.807. The number of hydrogen-bond donors (Lipinski definition) is 1. The second kappa shape index (κ2) is 7.78. The molecule has 2 rings (SSSR count). The third-order valence-electron chi connectivity index (χ3n) is 3.10. The average molecular weight is 378 g/mol. The number of ether oxygens (including phenoxy) is 2. The highest BCUT2D eigenvalue weighted by molar-refractivity contribution is 9.10. The van der Waals surface area contributed by atoms with Gasteiger partial charge in [0.15, 0.2) is 6.10 Å². The summed E-state index contributed by atoms with van der Waals surface area (Å²) in [5, 5.41) is 2.68. The Balaban J connectivity index is 1.99. The van der Waals surface area contributed by atoms with Crippen molar-refractivity contribution in [2.75, 3.05) is 12.4 Å². The van der Waals surface area contributed by atoms with Gasteiger partial charge in [0.05, 0.1) is 18.4 Å². The number of carbonyl (C=O) groups excluding carboxylic acids is 2. The Hall–Kier alpha value is -2.34. The van der Waals surface area contributed by atoms with Crippen LogP contribution in [0, 0.1) is 0 Å². The minimum absolute atomic E-state index is 0.380. The molecule has 0 unspecified atom stereocenters. The molecule has 1 N–H and O–H groups in total. The molecule has 0 saturated carbocycles. The van der Waals surface area contributed by atoms with Gasteiger partial charge in [-0.15, -0.1) is 0 Å². The number of para-hydroxylation sites is 2. The van der Waals surface area contributed by atoms with Gasteiger partial charge in [0.25, 0.3) is 5.91 Å². The molecule has 120 valence electrons. The third-order valence-corrected chi connectivity index (χ3v) is 3.63. The van der Waals surface area contributed by atoms with Crippen LogP contribution in [0.2, 0.25) is 0 Å². The zero-order valence-electron chi connectivity index (χ0n) is 12.7. The highest BCUT2D eigenvalue weighted by Crippen LogP contribution is 2.23. The van der Waals surface area contributed by atoms with E-state index in [0.29, 0.717) is 17.0 Å². The van der Waals surface area contributed by atoms with Gasteiger partial charge in [-0.1, -0.05) is 28.1 Å². The van der Waals surface area contributed by atoms with Gasteiger partial charge in [-0.3, -0.25) is 4.79 Å². The minimum atomic E-state index is -0.934. The average Bonchev–Trinajstić information content (AvgIpc) is 2.55. The molecule has 5 nitrogen and oxygen atoms in total. The number of benzene rings is 2. The van der Waals surface area contributed by atoms with Crippen molar-refractivity contribution in [3.63, 3.8) is 0 Å². The lowest BCUT2D eigenvalue weighted by Gasteiger charge is -2.15. The first-order valence-electron chi connectivity index (χ1n) is 6.91. The summed E-state index contributed by atoms with van der Waals surface area (Å²) >= 11 is 3.29. The number of anilines is 1. The van der Waals surface area contributed by atoms with Crippen molar-refractivity contribution in [1.29, 1.82) is 0 Å². The van der Waals surface area contributed by atoms with E-state index in [2.05, 4.69) is 21.2 Å². The lowest BCUT2D eigenvalue weighted by atomic mass is 10.2. The maximum atomic E-state index is 12.2. The fourth-order valence-corrected chi connectivity index (χ4v) is 2.11. The van der Waals surface area contributed by atoms with Crippen LogP contribution in [0.15, 0.2) is 53.0 Å². The molecule has 2 aromatic carbocycles. The van der Waals surface area contributed by atoms with Crippen LogP contribution >= 0.6 is 15.9 Å². The molecule has 0 fully saturated rings. The van der Waals surface area contributed by atoms with Crippen molar-refractivity contribution in [2.24, 2.45) is 0 Å². The van der Waals surface area contributed by atoms with Gasteiger partial charge < -0.3 is 14.8 Å². The van der Waals surface area contributed by atoms with Gasteiger partial charge in [-0.05, 0) is 43.3 Å². The Morgan fingerprint density at radius 1 is 1.09 bits per heavy atom. The minimum Gasteiger partial charge on any atom is -0.495 e. The van der Waals surface area contributed by atoms with E-state index in [1.54, 1.807) is 48.5 Å². The molecule has 1 atom stereocenters. The number of hydrogen-bond acceptors (Lipinski definition) is 4. The normalized spacial score (nSPS) is 11.4. The van der Waals surface area contributed by atoms with Crippen molar-refractivity contribution < 1.29 is 19.1 Å². The Morgan fingerprint density at radius 3 is 2.39 bits per heavy atom. The SMILES string of the molecule is COc1ccccc1NC(=O)[C@@H](C)OC(=O)c1ccc(Br)cc1. The molecule has 0 spiro atoms. The van der Waals surface area contributed by atoms with E-state index in [1.165, 1.54) is 14.0 Å². The van der Waals surface area contributed by atoms with Gasteiger partial charge in [0.2, 0.25) is 0 Å². The molecule has 0 aromatic heterocycles. The van der Waals surface area contributed by atoms with Gasteiger partial charge in [0, 0.05) is 4.47 Å². The van der Waals surface area contributed by atoms with Gasteiger partial charge in [-0.2, -0.15) is 0 Å². The molecule has 0 radical (unpaired) electrons. The lowest BCUT2D eigenvalue weighted by molar-refractivity contribution is -0.123. The lowest BCUT2D eigenvalue weighted by Crippen LogP contribution is -2.30. The zero-order chi connectivity index (χ0) is 16.8. The number of rotatable bonds is 5. The number of carbonyl (C=O) groups is 2. The second-order valence-electron chi connectivity index (χ2n) is 4.74. The summed E-state index contributed by atoms with van der Waals surface area (Å²) in [5.74, 6) is -0.451. The van der Waals surface area contributed by atoms with Crippen LogP contribution in [0.25, 0.3) is 0 Å². The third kappa shape index (κ3) is 4.56. The first-order chi connectivity index (χ1) is 11.0. The number of esters is 1. The molecule has 1 amide bonds. The fraction of sp³-hybridized carbons (Fsp3) is 0.176. The monoisotopic (exact) mass is 377 g/mol. The van der Waals surface area contributed by atoms with Crippen LogP contribution in [-0.4, -0.2) is 25.1 Å². The first-order valence-corrected chi connectivity index (χ1v) is 7.71. The van der Waals surface area contributed by atoms with Crippen LogP contribution in [0.1, 0.15) is 17.3 Å². The van der Waals surface area contributed by atoms with Crippen LogP contribution in [-0.2, 0) is 9.53 Å².